The summed E-state index contributed by atoms with van der Waals surface area (Å²) in [4.78, 5) is 74.3. The standard InChI is InChI=1S/C18H22N2O9/c21-13(7-9-19-14(22)3-4-15(19)23)2-1-10-27-12-28-11-8-18(26)29-20-16(24)5-6-17(20)25/h3-4H,1-2,5-12H2. The van der Waals surface area contributed by atoms with Crippen LogP contribution < -0.4 is 0 Å². The van der Waals surface area contributed by atoms with Crippen molar-refractivity contribution in [2.75, 3.05) is 26.6 Å². The molecular formula is C18H22N2O9. The maximum Gasteiger partial charge on any atom is 0.335 e. The molecule has 0 unspecified atom stereocenters. The van der Waals surface area contributed by atoms with E-state index in [0.717, 1.165) is 4.90 Å². The first kappa shape index (κ1) is 22.4. The van der Waals surface area contributed by atoms with Gasteiger partial charge in [-0.15, -0.1) is 5.06 Å². The first-order valence-corrected chi connectivity index (χ1v) is 9.16. The Morgan fingerprint density at radius 1 is 0.862 bits per heavy atom. The highest BCUT2D eigenvalue weighted by Crippen LogP contribution is 2.12. The van der Waals surface area contributed by atoms with Crippen molar-refractivity contribution in [1.29, 1.82) is 0 Å². The molecule has 1 saturated heterocycles. The third-order valence-electron chi connectivity index (χ3n) is 4.08. The van der Waals surface area contributed by atoms with E-state index in [1.807, 2.05) is 0 Å². The SMILES string of the molecule is O=C(CCCOCOCCC(=O)ON1C(=O)CCC1=O)CCN1C(=O)C=CC1=O. The number of imide groups is 2. The maximum absolute atomic E-state index is 11.8. The molecule has 11 heteroatoms. The molecule has 2 aliphatic heterocycles. The van der Waals surface area contributed by atoms with E-state index < -0.39 is 29.6 Å². The second-order valence-corrected chi connectivity index (χ2v) is 6.28. The average molecular weight is 410 g/mol. The van der Waals surface area contributed by atoms with Gasteiger partial charge in [-0.3, -0.25) is 28.9 Å². The number of amides is 4. The van der Waals surface area contributed by atoms with Crippen LogP contribution in [0, 0.1) is 0 Å². The van der Waals surface area contributed by atoms with Crippen LogP contribution in [0.5, 0.6) is 0 Å². The molecule has 4 amide bonds. The normalized spacial score (nSPS) is 16.3. The molecule has 2 heterocycles. The summed E-state index contributed by atoms with van der Waals surface area (Å²) in [7, 11) is 0. The van der Waals surface area contributed by atoms with Crippen molar-refractivity contribution < 1.29 is 43.1 Å². The molecule has 29 heavy (non-hydrogen) atoms. The lowest BCUT2D eigenvalue weighted by atomic mass is 10.1. The van der Waals surface area contributed by atoms with E-state index in [0.29, 0.717) is 11.5 Å². The van der Waals surface area contributed by atoms with Crippen LogP contribution in [-0.4, -0.2) is 71.9 Å². The number of rotatable bonds is 13. The molecule has 0 aromatic carbocycles. The first-order valence-electron chi connectivity index (χ1n) is 9.16. The Morgan fingerprint density at radius 3 is 2.14 bits per heavy atom. The summed E-state index contributed by atoms with van der Waals surface area (Å²) in [6.07, 6.45) is 3.05. The number of ketones is 1. The molecule has 11 nitrogen and oxygen atoms in total. The molecule has 0 atom stereocenters. The second kappa shape index (κ2) is 11.2. The zero-order valence-corrected chi connectivity index (χ0v) is 15.8. The van der Waals surface area contributed by atoms with Crippen molar-refractivity contribution >= 4 is 35.4 Å². The van der Waals surface area contributed by atoms with Gasteiger partial charge in [-0.25, -0.2) is 4.79 Å². The molecule has 0 aromatic rings. The van der Waals surface area contributed by atoms with Gasteiger partial charge in [0.15, 0.2) is 0 Å². The van der Waals surface area contributed by atoms with E-state index in [-0.39, 0.29) is 64.4 Å². The fourth-order valence-corrected chi connectivity index (χ4v) is 2.52. The molecule has 0 radical (unpaired) electrons. The minimum atomic E-state index is -0.760. The molecule has 2 aliphatic rings. The first-order chi connectivity index (χ1) is 13.9. The lowest BCUT2D eigenvalue weighted by molar-refractivity contribution is -0.198. The molecule has 0 saturated carbocycles. The van der Waals surface area contributed by atoms with E-state index in [1.165, 1.54) is 12.2 Å². The monoisotopic (exact) mass is 410 g/mol. The summed E-state index contributed by atoms with van der Waals surface area (Å²) in [6.45, 7) is 0.222. The van der Waals surface area contributed by atoms with Crippen LogP contribution in [-0.2, 0) is 43.1 Å². The number of hydrogen-bond acceptors (Lipinski definition) is 9. The maximum atomic E-state index is 11.8. The number of carbonyl (C=O) groups is 6. The van der Waals surface area contributed by atoms with Crippen molar-refractivity contribution in [3.8, 4) is 0 Å². The third-order valence-corrected chi connectivity index (χ3v) is 4.08. The smallest absolute Gasteiger partial charge is 0.335 e. The van der Waals surface area contributed by atoms with Gasteiger partial charge in [0.2, 0.25) is 0 Å². The predicted octanol–water partition coefficient (Wildman–Crippen LogP) is -0.361. The highest BCUT2D eigenvalue weighted by atomic mass is 16.7. The zero-order valence-electron chi connectivity index (χ0n) is 15.8. The molecular weight excluding hydrogens is 388 g/mol. The Kier molecular flexibility index (Phi) is 8.62. The average Bonchev–Trinajstić information content (AvgIpc) is 3.17. The lowest BCUT2D eigenvalue weighted by Gasteiger charge is -2.13. The van der Waals surface area contributed by atoms with Gasteiger partial charge in [0.25, 0.3) is 23.6 Å². The van der Waals surface area contributed by atoms with Crippen LogP contribution in [0.4, 0.5) is 0 Å². The van der Waals surface area contributed by atoms with E-state index in [2.05, 4.69) is 4.84 Å². The topological polar surface area (TPSA) is 137 Å². The Morgan fingerprint density at radius 2 is 1.48 bits per heavy atom. The van der Waals surface area contributed by atoms with Crippen molar-refractivity contribution in [3.63, 3.8) is 0 Å². The van der Waals surface area contributed by atoms with Crippen molar-refractivity contribution in [2.45, 2.75) is 38.5 Å². The molecule has 0 spiro atoms. The van der Waals surface area contributed by atoms with E-state index >= 15 is 0 Å². The number of carbonyl (C=O) groups excluding carboxylic acids is 6. The van der Waals surface area contributed by atoms with Crippen LogP contribution in [0.15, 0.2) is 12.2 Å². The highest BCUT2D eigenvalue weighted by molar-refractivity contribution is 6.13. The summed E-state index contributed by atoms with van der Waals surface area (Å²) in [5.41, 5.74) is 0. The van der Waals surface area contributed by atoms with Crippen LogP contribution >= 0.6 is 0 Å². The van der Waals surface area contributed by atoms with Crippen molar-refractivity contribution in [1.82, 2.24) is 9.96 Å². The number of Topliss-reactive ketones (excluding diaryl/α,β-unsaturated/α-hetero) is 1. The number of hydrogen-bond donors (Lipinski definition) is 0. The lowest BCUT2D eigenvalue weighted by Crippen LogP contribution is -2.32. The second-order valence-electron chi connectivity index (χ2n) is 6.28. The van der Waals surface area contributed by atoms with Crippen LogP contribution in [0.25, 0.3) is 0 Å². The Hall–Kier alpha value is -2.92. The minimum Gasteiger partial charge on any atom is -0.355 e. The van der Waals surface area contributed by atoms with Gasteiger partial charge < -0.3 is 14.3 Å². The molecule has 1 fully saturated rings. The quantitative estimate of drug-likeness (QED) is 0.226. The summed E-state index contributed by atoms with van der Waals surface area (Å²) < 4.78 is 10.3. The fourth-order valence-electron chi connectivity index (χ4n) is 2.52. The zero-order chi connectivity index (χ0) is 21.2. The largest absolute Gasteiger partial charge is 0.355 e. The highest BCUT2D eigenvalue weighted by Gasteiger charge is 2.32. The van der Waals surface area contributed by atoms with Gasteiger partial charge in [-0.2, -0.15) is 0 Å². The summed E-state index contributed by atoms with van der Waals surface area (Å²) >= 11 is 0. The Labute approximate surface area is 166 Å². The van der Waals surface area contributed by atoms with E-state index in [9.17, 15) is 28.8 Å². The molecule has 0 bridgehead atoms. The van der Waals surface area contributed by atoms with E-state index in [1.54, 1.807) is 0 Å². The van der Waals surface area contributed by atoms with Gasteiger partial charge in [0.05, 0.1) is 13.0 Å². The molecule has 0 aromatic heterocycles. The van der Waals surface area contributed by atoms with Gasteiger partial charge in [0, 0.05) is 51.0 Å². The van der Waals surface area contributed by atoms with Crippen molar-refractivity contribution in [2.24, 2.45) is 0 Å². The predicted molar refractivity (Wildman–Crippen MR) is 93.3 cm³/mol. The Bertz CT molecular complexity index is 682. The minimum absolute atomic E-state index is 0.0140. The van der Waals surface area contributed by atoms with Crippen LogP contribution in [0.3, 0.4) is 0 Å². The van der Waals surface area contributed by atoms with Crippen LogP contribution in [0.1, 0.15) is 38.5 Å². The number of nitrogens with zero attached hydrogens (tertiary/aromatic N) is 2. The van der Waals surface area contributed by atoms with Gasteiger partial charge in [-0.1, -0.05) is 0 Å². The number of hydroxylamine groups is 2. The molecule has 0 N–H and O–H groups in total. The van der Waals surface area contributed by atoms with Gasteiger partial charge in [0.1, 0.15) is 12.6 Å². The summed E-state index contributed by atoms with van der Waals surface area (Å²) in [5, 5.41) is 0.474. The van der Waals surface area contributed by atoms with E-state index in [4.69, 9.17) is 9.47 Å². The van der Waals surface area contributed by atoms with Crippen LogP contribution in [0.2, 0.25) is 0 Å². The summed E-state index contributed by atoms with van der Waals surface area (Å²) in [6, 6.07) is 0. The molecule has 2 rings (SSSR count). The molecule has 0 aliphatic carbocycles. The fraction of sp³-hybridized carbons (Fsp3) is 0.556. The summed E-state index contributed by atoms with van der Waals surface area (Å²) in [5.74, 6) is -2.76. The van der Waals surface area contributed by atoms with Gasteiger partial charge >= 0.3 is 5.97 Å². The van der Waals surface area contributed by atoms with Crippen molar-refractivity contribution in [3.05, 3.63) is 12.2 Å². The molecule has 158 valence electrons. The van der Waals surface area contributed by atoms with Gasteiger partial charge in [-0.05, 0) is 6.42 Å². The third kappa shape index (κ3) is 7.20. The Balaban J connectivity index is 1.43. The number of ether oxygens (including phenoxy) is 2.